The molecule has 1 fully saturated rings. The molecule has 0 saturated carbocycles. The van der Waals surface area contributed by atoms with Crippen LogP contribution in [0.25, 0.3) is 0 Å². The van der Waals surface area contributed by atoms with Gasteiger partial charge >= 0.3 is 5.97 Å². The minimum absolute atomic E-state index is 0.424. The fourth-order valence-electron chi connectivity index (χ4n) is 1.04. The summed E-state index contributed by atoms with van der Waals surface area (Å²) >= 11 is 2.01. The Kier molecular flexibility index (Phi) is 2.41. The third kappa shape index (κ3) is 1.37. The minimum Gasteiger partial charge on any atom is -0.458 e. The highest BCUT2D eigenvalue weighted by Gasteiger charge is 2.51. The van der Waals surface area contributed by atoms with E-state index in [-0.39, 0.29) is 0 Å². The summed E-state index contributed by atoms with van der Waals surface area (Å²) in [6, 6.07) is 0. The number of alkyl halides is 2. The summed E-state index contributed by atoms with van der Waals surface area (Å²) in [6.45, 7) is 3.15. The number of ether oxygens (including phenoxy) is 1. The lowest BCUT2D eigenvalue weighted by atomic mass is 9.88. The Morgan fingerprint density at radius 3 is 2.45 bits per heavy atom. The van der Waals surface area contributed by atoms with Crippen molar-refractivity contribution in [1.29, 1.82) is 0 Å². The summed E-state index contributed by atoms with van der Waals surface area (Å²) < 4.78 is 18.6. The van der Waals surface area contributed by atoms with Crippen molar-refractivity contribution in [3.8, 4) is 0 Å². The van der Waals surface area contributed by atoms with Gasteiger partial charge in [0.15, 0.2) is 6.17 Å². The lowest BCUT2D eigenvalue weighted by molar-refractivity contribution is -0.146. The molecule has 0 unspecified atom stereocenters. The summed E-state index contributed by atoms with van der Waals surface area (Å²) in [5.74, 6) is -0.424. The van der Waals surface area contributed by atoms with E-state index in [2.05, 4.69) is 0 Å². The number of carbonyl (C=O) groups excluding carboxylic acids is 1. The van der Waals surface area contributed by atoms with Crippen LogP contribution in [0.3, 0.4) is 0 Å². The predicted octanol–water partition coefficient (Wildman–Crippen LogP) is 1.71. The van der Waals surface area contributed by atoms with Gasteiger partial charge in [-0.3, -0.25) is 4.79 Å². The molecule has 1 saturated heterocycles. The maximum Gasteiger partial charge on any atom is 0.315 e. The second kappa shape index (κ2) is 2.88. The molecule has 1 aliphatic rings. The van der Waals surface area contributed by atoms with E-state index < -0.39 is 23.7 Å². The summed E-state index contributed by atoms with van der Waals surface area (Å²) in [7, 11) is 0. The molecule has 1 heterocycles. The maximum absolute atomic E-state index is 13.3. The molecule has 1 rings (SSSR count). The summed E-state index contributed by atoms with van der Waals surface area (Å²) in [4.78, 5) is 11.0. The topological polar surface area (TPSA) is 26.3 Å². The first-order chi connectivity index (χ1) is 5.00. The fourth-order valence-corrected chi connectivity index (χ4v) is 1.66. The van der Waals surface area contributed by atoms with Crippen molar-refractivity contribution in [2.24, 2.45) is 5.41 Å². The molecule has 11 heavy (non-hydrogen) atoms. The van der Waals surface area contributed by atoms with Crippen molar-refractivity contribution in [3.05, 3.63) is 0 Å². The van der Waals surface area contributed by atoms with Gasteiger partial charge in [0.2, 0.25) is 0 Å². The van der Waals surface area contributed by atoms with Crippen molar-refractivity contribution >= 4 is 28.6 Å². The molecule has 0 aromatic heterocycles. The van der Waals surface area contributed by atoms with E-state index in [9.17, 15) is 9.18 Å². The van der Waals surface area contributed by atoms with Gasteiger partial charge in [0.1, 0.15) is 6.10 Å². The van der Waals surface area contributed by atoms with Crippen LogP contribution in [-0.4, -0.2) is 22.7 Å². The number of rotatable bonds is 1. The van der Waals surface area contributed by atoms with Crippen molar-refractivity contribution in [2.45, 2.75) is 26.1 Å². The zero-order valence-electron chi connectivity index (χ0n) is 6.43. The summed E-state index contributed by atoms with van der Waals surface area (Å²) in [5.41, 5.74) is -0.949. The van der Waals surface area contributed by atoms with E-state index in [4.69, 9.17) is 4.74 Å². The third-order valence-corrected chi connectivity index (χ3v) is 2.82. The molecular weight excluding hydrogens is 262 g/mol. The van der Waals surface area contributed by atoms with E-state index in [1.54, 1.807) is 13.8 Å². The highest BCUT2D eigenvalue weighted by Crippen LogP contribution is 2.36. The highest BCUT2D eigenvalue weighted by molar-refractivity contribution is 14.1. The predicted molar refractivity (Wildman–Crippen MR) is 47.4 cm³/mol. The number of halogens is 2. The van der Waals surface area contributed by atoms with Gasteiger partial charge in [0.05, 0.1) is 5.41 Å². The van der Waals surface area contributed by atoms with Crippen molar-refractivity contribution in [2.75, 3.05) is 4.43 Å². The molecule has 1 aliphatic heterocycles. The first-order valence-corrected chi connectivity index (χ1v) is 4.94. The molecule has 2 atom stereocenters. The van der Waals surface area contributed by atoms with Crippen LogP contribution < -0.4 is 0 Å². The Balaban J connectivity index is 2.80. The first kappa shape index (κ1) is 9.22. The van der Waals surface area contributed by atoms with Gasteiger partial charge in [0, 0.05) is 4.43 Å². The molecule has 0 bridgehead atoms. The lowest BCUT2D eigenvalue weighted by Gasteiger charge is -2.15. The smallest absolute Gasteiger partial charge is 0.315 e. The molecule has 0 N–H and O–H groups in total. The Hall–Kier alpha value is 0.130. The average Bonchev–Trinajstić information content (AvgIpc) is 2.14. The van der Waals surface area contributed by atoms with Crippen molar-refractivity contribution in [1.82, 2.24) is 0 Å². The Morgan fingerprint density at radius 1 is 1.73 bits per heavy atom. The van der Waals surface area contributed by atoms with Gasteiger partial charge in [0.25, 0.3) is 0 Å². The maximum atomic E-state index is 13.3. The number of hydrogen-bond acceptors (Lipinski definition) is 2. The van der Waals surface area contributed by atoms with Gasteiger partial charge in [-0.1, -0.05) is 22.6 Å². The second-order valence-electron chi connectivity index (χ2n) is 3.22. The van der Waals surface area contributed by atoms with Crippen molar-refractivity contribution < 1.29 is 13.9 Å². The third-order valence-electron chi connectivity index (χ3n) is 1.95. The monoisotopic (exact) mass is 272 g/mol. The van der Waals surface area contributed by atoms with Crippen molar-refractivity contribution in [3.63, 3.8) is 0 Å². The lowest BCUT2D eigenvalue weighted by Crippen LogP contribution is -2.30. The SMILES string of the molecule is CC1(C)C(=O)O[C@@H](CI)[C@H]1F. The molecule has 0 spiro atoms. The molecule has 0 aliphatic carbocycles. The molecule has 0 aromatic rings. The molecular formula is C7H10FIO2. The standard InChI is InChI=1S/C7H10FIO2/c1-7(2)5(8)4(3-9)11-6(7)10/h4-5H,3H2,1-2H3/t4-,5+/m0/s1. The van der Waals surface area contributed by atoms with Crippen LogP contribution in [0.2, 0.25) is 0 Å². The Morgan fingerprint density at radius 2 is 2.27 bits per heavy atom. The molecule has 2 nitrogen and oxygen atoms in total. The Bertz CT molecular complexity index is 181. The van der Waals surface area contributed by atoms with E-state index >= 15 is 0 Å². The zero-order valence-corrected chi connectivity index (χ0v) is 8.59. The zero-order chi connectivity index (χ0) is 8.65. The van der Waals surface area contributed by atoms with Crippen LogP contribution in [0.5, 0.6) is 0 Å². The number of carbonyl (C=O) groups is 1. The largest absolute Gasteiger partial charge is 0.458 e. The van der Waals surface area contributed by atoms with E-state index in [0.717, 1.165) is 0 Å². The summed E-state index contributed by atoms with van der Waals surface area (Å²) in [6.07, 6.45) is -1.70. The molecule has 0 amide bonds. The Labute approximate surface area is 78.6 Å². The van der Waals surface area contributed by atoms with Crippen LogP contribution >= 0.6 is 22.6 Å². The van der Waals surface area contributed by atoms with Gasteiger partial charge in [-0.05, 0) is 13.8 Å². The van der Waals surface area contributed by atoms with Crippen LogP contribution in [0.4, 0.5) is 4.39 Å². The van der Waals surface area contributed by atoms with E-state index in [1.807, 2.05) is 22.6 Å². The average molecular weight is 272 g/mol. The fraction of sp³-hybridized carbons (Fsp3) is 0.857. The van der Waals surface area contributed by atoms with Gasteiger partial charge in [-0.2, -0.15) is 0 Å². The summed E-state index contributed by atoms with van der Waals surface area (Å²) in [5, 5.41) is 0. The molecule has 4 heteroatoms. The quantitative estimate of drug-likeness (QED) is 0.412. The van der Waals surface area contributed by atoms with Crippen LogP contribution in [-0.2, 0) is 9.53 Å². The molecule has 0 aromatic carbocycles. The normalized spacial score (nSPS) is 35.5. The number of hydrogen-bond donors (Lipinski definition) is 0. The molecule has 64 valence electrons. The van der Waals surface area contributed by atoms with Crippen LogP contribution in [0.15, 0.2) is 0 Å². The highest BCUT2D eigenvalue weighted by atomic mass is 127. The number of cyclic esters (lactones) is 1. The van der Waals surface area contributed by atoms with Crippen LogP contribution in [0, 0.1) is 5.41 Å². The van der Waals surface area contributed by atoms with E-state index in [1.165, 1.54) is 0 Å². The minimum atomic E-state index is -1.16. The van der Waals surface area contributed by atoms with Gasteiger partial charge in [-0.25, -0.2) is 4.39 Å². The molecule has 0 radical (unpaired) electrons. The van der Waals surface area contributed by atoms with Gasteiger partial charge in [-0.15, -0.1) is 0 Å². The second-order valence-corrected chi connectivity index (χ2v) is 4.10. The van der Waals surface area contributed by atoms with E-state index in [0.29, 0.717) is 4.43 Å². The number of esters is 1. The van der Waals surface area contributed by atoms with Crippen LogP contribution in [0.1, 0.15) is 13.8 Å². The van der Waals surface area contributed by atoms with Gasteiger partial charge < -0.3 is 4.74 Å². The first-order valence-electron chi connectivity index (χ1n) is 3.41.